The van der Waals surface area contributed by atoms with Gasteiger partial charge in [0.1, 0.15) is 5.69 Å². The van der Waals surface area contributed by atoms with Crippen LogP contribution in [0.5, 0.6) is 0 Å². The number of aryl methyl sites for hydroxylation is 6. The first-order valence-electron chi connectivity index (χ1n) is 18.4. The van der Waals surface area contributed by atoms with Crippen LogP contribution in [0.15, 0.2) is 146 Å². The van der Waals surface area contributed by atoms with Crippen molar-refractivity contribution in [3.8, 4) is 0 Å². The number of hydrogen-bond donors (Lipinski definition) is 0. The van der Waals surface area contributed by atoms with E-state index in [1.54, 1.807) is 0 Å². The molecule has 0 atom stereocenters. The summed E-state index contributed by atoms with van der Waals surface area (Å²) in [4.78, 5) is 10.8. The molecular weight excluding hydrogens is 659 g/mol. The zero-order chi connectivity index (χ0) is 35.5. The first kappa shape index (κ1) is 31.5. The molecule has 0 amide bonds. The molecular formula is C47H36F2N4. The van der Waals surface area contributed by atoms with Gasteiger partial charge in [-0.1, -0.05) is 109 Å². The van der Waals surface area contributed by atoms with Crippen LogP contribution in [0.3, 0.4) is 0 Å². The molecule has 10 rings (SSSR count). The maximum Gasteiger partial charge on any atom is 0.193 e. The zero-order valence-electron chi connectivity index (χ0n) is 29.1. The fourth-order valence-electron chi connectivity index (χ4n) is 8.54. The lowest BCUT2D eigenvalue weighted by molar-refractivity contribution is 0.578. The Labute approximate surface area is 308 Å². The summed E-state index contributed by atoms with van der Waals surface area (Å²) in [6.45, 7) is 0. The Balaban J connectivity index is 1.35. The third-order valence-electron chi connectivity index (χ3n) is 11.1. The lowest BCUT2D eigenvalue weighted by Gasteiger charge is -2.34. The van der Waals surface area contributed by atoms with Gasteiger partial charge in [-0.05, 0) is 108 Å². The minimum absolute atomic E-state index is 0.0524. The zero-order valence-corrected chi connectivity index (χ0v) is 29.1. The molecule has 0 unspecified atom stereocenters. The third kappa shape index (κ3) is 5.12. The molecule has 0 spiro atoms. The number of hydrogen-bond acceptors (Lipinski definition) is 4. The summed E-state index contributed by atoms with van der Waals surface area (Å²) in [5.41, 5.74) is 11.1. The fraction of sp³-hybridized carbons (Fsp3) is 0.128. The van der Waals surface area contributed by atoms with Crippen LogP contribution in [-0.2, 0) is 38.5 Å². The second kappa shape index (κ2) is 12.7. The van der Waals surface area contributed by atoms with E-state index in [-0.39, 0.29) is 17.3 Å². The first-order valence-corrected chi connectivity index (χ1v) is 18.4. The number of halogens is 2. The summed E-state index contributed by atoms with van der Waals surface area (Å²) >= 11 is 0. The van der Waals surface area contributed by atoms with Gasteiger partial charge in [0.15, 0.2) is 23.3 Å². The topological polar surface area (TPSA) is 22.6 Å². The molecule has 3 aliphatic rings. The van der Waals surface area contributed by atoms with E-state index in [1.807, 2.05) is 124 Å². The predicted octanol–water partition coefficient (Wildman–Crippen LogP) is 12.1. The molecule has 6 aromatic carbocycles. The van der Waals surface area contributed by atoms with E-state index in [4.69, 9.17) is 4.98 Å². The van der Waals surface area contributed by atoms with E-state index >= 15 is 8.78 Å². The van der Waals surface area contributed by atoms with E-state index < -0.39 is 11.6 Å². The molecule has 7 aromatic rings. The lowest BCUT2D eigenvalue weighted by Crippen LogP contribution is -2.24. The largest absolute Gasteiger partial charge is 0.304 e. The van der Waals surface area contributed by atoms with Gasteiger partial charge in [-0.2, -0.15) is 0 Å². The summed E-state index contributed by atoms with van der Waals surface area (Å²) in [6.07, 6.45) is 4.63. The Morgan fingerprint density at radius 1 is 0.321 bits per heavy atom. The van der Waals surface area contributed by atoms with Crippen molar-refractivity contribution in [2.24, 2.45) is 0 Å². The molecule has 6 heteroatoms. The van der Waals surface area contributed by atoms with Crippen LogP contribution >= 0.6 is 0 Å². The Bertz CT molecular complexity index is 2280. The van der Waals surface area contributed by atoms with E-state index in [0.29, 0.717) is 0 Å². The Morgan fingerprint density at radius 3 is 0.811 bits per heavy atom. The molecule has 0 radical (unpaired) electrons. The smallest absolute Gasteiger partial charge is 0.193 e. The summed E-state index contributed by atoms with van der Waals surface area (Å²) in [6, 6.07) is 48.4. The second-order valence-electron chi connectivity index (χ2n) is 14.0. The number of pyridine rings is 1. The van der Waals surface area contributed by atoms with Crippen molar-refractivity contribution in [3.05, 3.63) is 191 Å². The van der Waals surface area contributed by atoms with Crippen LogP contribution < -0.4 is 14.7 Å². The molecule has 258 valence electrons. The SMILES string of the molecule is Fc1c(N2c3ccccc3CCc3ccccc32)nc(N2c3ccccc3CCc3ccccc32)c(F)c1N1c2ccccc2CCc2ccccc21. The normalized spacial score (nSPS) is 14.4. The Morgan fingerprint density at radius 2 is 0.547 bits per heavy atom. The molecule has 0 saturated heterocycles. The number of para-hydroxylation sites is 6. The maximum absolute atomic E-state index is 18.4. The van der Waals surface area contributed by atoms with Crippen molar-refractivity contribution in [2.75, 3.05) is 14.7 Å². The molecule has 1 aromatic heterocycles. The average Bonchev–Trinajstić information content (AvgIpc) is 3.56. The number of benzene rings is 6. The van der Waals surface area contributed by atoms with Crippen molar-refractivity contribution in [1.82, 2.24) is 4.98 Å². The van der Waals surface area contributed by atoms with E-state index in [0.717, 1.165) is 106 Å². The molecule has 0 aliphatic carbocycles. The molecule has 3 aliphatic heterocycles. The van der Waals surface area contributed by atoms with Crippen molar-refractivity contribution in [1.29, 1.82) is 0 Å². The quantitative estimate of drug-likeness (QED) is 0.184. The third-order valence-corrected chi connectivity index (χ3v) is 11.1. The lowest BCUT2D eigenvalue weighted by atomic mass is 10.0. The number of fused-ring (bicyclic) bond motifs is 6. The number of anilines is 9. The molecule has 4 nitrogen and oxygen atoms in total. The highest BCUT2D eigenvalue weighted by Crippen LogP contribution is 2.52. The van der Waals surface area contributed by atoms with Crippen molar-refractivity contribution < 1.29 is 8.78 Å². The summed E-state index contributed by atoms with van der Waals surface area (Å²) in [5, 5.41) is 0. The van der Waals surface area contributed by atoms with Crippen LogP contribution in [0.25, 0.3) is 0 Å². The van der Waals surface area contributed by atoms with Crippen LogP contribution in [0.2, 0.25) is 0 Å². The first-order chi connectivity index (χ1) is 26.2. The van der Waals surface area contributed by atoms with Crippen molar-refractivity contribution in [3.63, 3.8) is 0 Å². The Kier molecular flexibility index (Phi) is 7.57. The molecule has 4 heterocycles. The van der Waals surface area contributed by atoms with Gasteiger partial charge >= 0.3 is 0 Å². The second-order valence-corrected chi connectivity index (χ2v) is 14.0. The van der Waals surface area contributed by atoms with Gasteiger partial charge in [-0.25, -0.2) is 13.8 Å². The number of nitrogens with zero attached hydrogens (tertiary/aromatic N) is 4. The minimum Gasteiger partial charge on any atom is -0.304 e. The highest BCUT2D eigenvalue weighted by molar-refractivity contribution is 5.90. The maximum atomic E-state index is 18.4. The van der Waals surface area contributed by atoms with Crippen molar-refractivity contribution >= 4 is 51.4 Å². The van der Waals surface area contributed by atoms with Crippen molar-refractivity contribution in [2.45, 2.75) is 38.5 Å². The predicted molar refractivity (Wildman–Crippen MR) is 210 cm³/mol. The molecule has 0 bridgehead atoms. The standard InChI is InChI=1S/C47H36F2N4/c48-43-45(51-37-19-7-1-13-31(37)25-26-32-14-2-8-20-38(32)51)44(49)47(53-41-23-11-5-17-35(41)29-30-36-18-6-12-24-42(36)53)50-46(43)52-39-21-9-3-15-33(39)27-28-34-16-4-10-22-40(34)52/h1-24H,25-30H2. The van der Waals surface area contributed by atoms with E-state index in [2.05, 4.69) is 36.4 Å². The number of rotatable bonds is 3. The fourth-order valence-corrected chi connectivity index (χ4v) is 8.54. The summed E-state index contributed by atoms with van der Waals surface area (Å²) < 4.78 is 36.7. The van der Waals surface area contributed by atoms with Crippen LogP contribution in [0.1, 0.15) is 33.4 Å². The van der Waals surface area contributed by atoms with Gasteiger partial charge in [0.25, 0.3) is 0 Å². The van der Waals surface area contributed by atoms with Gasteiger partial charge in [0.2, 0.25) is 0 Å². The molecule has 53 heavy (non-hydrogen) atoms. The van der Waals surface area contributed by atoms with E-state index in [1.165, 1.54) is 0 Å². The Hall–Kier alpha value is -6.27. The molecule has 0 saturated carbocycles. The van der Waals surface area contributed by atoms with E-state index in [9.17, 15) is 0 Å². The van der Waals surface area contributed by atoms with Crippen LogP contribution in [0, 0.1) is 11.6 Å². The minimum atomic E-state index is -0.722. The van der Waals surface area contributed by atoms with Gasteiger partial charge in [0, 0.05) is 11.4 Å². The highest BCUT2D eigenvalue weighted by atomic mass is 19.1. The molecule has 0 fully saturated rings. The summed E-state index contributed by atoms with van der Waals surface area (Å²) in [7, 11) is 0. The van der Waals surface area contributed by atoms with Gasteiger partial charge in [0.05, 0.1) is 22.7 Å². The highest BCUT2D eigenvalue weighted by Gasteiger charge is 2.37. The average molecular weight is 695 g/mol. The molecule has 0 N–H and O–H groups in total. The van der Waals surface area contributed by atoms with Crippen LogP contribution in [-0.4, -0.2) is 4.98 Å². The van der Waals surface area contributed by atoms with Gasteiger partial charge in [-0.3, -0.25) is 9.80 Å². The summed E-state index contributed by atoms with van der Waals surface area (Å²) in [5.74, 6) is -1.34. The van der Waals surface area contributed by atoms with Gasteiger partial charge in [-0.15, -0.1) is 0 Å². The van der Waals surface area contributed by atoms with Gasteiger partial charge < -0.3 is 4.90 Å². The monoisotopic (exact) mass is 694 g/mol. The van der Waals surface area contributed by atoms with Crippen LogP contribution in [0.4, 0.5) is 60.2 Å². The number of aromatic nitrogens is 1.